The van der Waals surface area contributed by atoms with Crippen LogP contribution < -0.4 is 5.46 Å². The zero-order valence-electron chi connectivity index (χ0n) is 27.1. The van der Waals surface area contributed by atoms with E-state index in [9.17, 15) is 0 Å². The number of fused-ring (bicyclic) bond motifs is 6. The van der Waals surface area contributed by atoms with E-state index in [-0.39, 0.29) is 18.3 Å². The topological polar surface area (TPSA) is 28.3 Å². The summed E-state index contributed by atoms with van der Waals surface area (Å²) in [5, 5.41) is 5.00. The molecule has 9 rings (SSSR count). The molecule has 1 aliphatic heterocycles. The van der Waals surface area contributed by atoms with Crippen molar-refractivity contribution in [1.29, 1.82) is 0 Å². The molecule has 0 spiro atoms. The van der Waals surface area contributed by atoms with Crippen molar-refractivity contribution < 1.29 is 9.31 Å². The van der Waals surface area contributed by atoms with E-state index in [0.29, 0.717) is 0 Å². The minimum absolute atomic E-state index is 0.373. The van der Waals surface area contributed by atoms with Crippen LogP contribution in [-0.4, -0.2) is 27.5 Å². The predicted octanol–water partition coefficient (Wildman–Crippen LogP) is 9.85. The zero-order chi connectivity index (χ0) is 31.9. The molecule has 2 aromatic heterocycles. The normalized spacial score (nSPS) is 15.8. The Morgan fingerprint density at radius 2 is 1.02 bits per heavy atom. The third-order valence-corrected chi connectivity index (χ3v) is 10.4. The molecule has 0 atom stereocenters. The molecule has 1 aliphatic rings. The Hall–Kier alpha value is -5.10. The lowest BCUT2D eigenvalue weighted by Crippen LogP contribution is -2.41. The smallest absolute Gasteiger partial charge is 0.399 e. The average molecular weight is 611 g/mol. The lowest BCUT2D eigenvalue weighted by atomic mass is 9.79. The summed E-state index contributed by atoms with van der Waals surface area (Å²) in [6.07, 6.45) is 0. The maximum Gasteiger partial charge on any atom is 0.494 e. The summed E-state index contributed by atoms with van der Waals surface area (Å²) in [7, 11) is -0.384. The van der Waals surface area contributed by atoms with Gasteiger partial charge >= 0.3 is 7.12 Å². The Morgan fingerprint density at radius 3 is 1.74 bits per heavy atom. The highest BCUT2D eigenvalue weighted by Gasteiger charge is 2.51. The van der Waals surface area contributed by atoms with Gasteiger partial charge in [-0.25, -0.2) is 0 Å². The summed E-state index contributed by atoms with van der Waals surface area (Å²) < 4.78 is 17.4. The van der Waals surface area contributed by atoms with Gasteiger partial charge < -0.3 is 18.4 Å². The molecule has 0 unspecified atom stereocenters. The molecule has 228 valence electrons. The maximum absolute atomic E-state index is 6.33. The van der Waals surface area contributed by atoms with Crippen LogP contribution in [0.15, 0.2) is 140 Å². The van der Waals surface area contributed by atoms with Crippen molar-refractivity contribution in [3.8, 4) is 22.5 Å². The monoisotopic (exact) mass is 610 g/mol. The van der Waals surface area contributed by atoms with Crippen LogP contribution in [0.2, 0.25) is 0 Å². The predicted molar refractivity (Wildman–Crippen MR) is 196 cm³/mol. The first-order valence-corrected chi connectivity index (χ1v) is 16.4. The highest BCUT2D eigenvalue weighted by molar-refractivity contribution is 6.62. The zero-order valence-corrected chi connectivity index (χ0v) is 27.1. The van der Waals surface area contributed by atoms with Gasteiger partial charge in [0.15, 0.2) is 0 Å². The fourth-order valence-electron chi connectivity index (χ4n) is 7.29. The molecule has 47 heavy (non-hydrogen) atoms. The number of para-hydroxylation sites is 3. The molecule has 3 heterocycles. The van der Waals surface area contributed by atoms with Crippen molar-refractivity contribution in [3.63, 3.8) is 0 Å². The van der Waals surface area contributed by atoms with Crippen LogP contribution in [0.5, 0.6) is 0 Å². The van der Waals surface area contributed by atoms with Gasteiger partial charge in [-0.3, -0.25) is 0 Å². The van der Waals surface area contributed by atoms with Crippen LogP contribution >= 0.6 is 0 Å². The van der Waals surface area contributed by atoms with Crippen molar-refractivity contribution in [1.82, 2.24) is 9.13 Å². The molecule has 1 fully saturated rings. The average Bonchev–Trinajstić information content (AvgIpc) is 3.68. The minimum atomic E-state index is -0.384. The van der Waals surface area contributed by atoms with Gasteiger partial charge in [0.1, 0.15) is 0 Å². The SMILES string of the molecule is CC1(C)OB(c2ccc(-n3c4ccccc4c4cc(-c5cccc6c5c5ccccc5n6-c5ccccc5)ccc43)cc2)OC1(C)C. The molecule has 0 aliphatic carbocycles. The summed E-state index contributed by atoms with van der Waals surface area (Å²) in [6, 6.07) is 50.3. The van der Waals surface area contributed by atoms with Crippen LogP contribution in [0.1, 0.15) is 27.7 Å². The van der Waals surface area contributed by atoms with E-state index in [2.05, 4.69) is 176 Å². The number of rotatable bonds is 4. The summed E-state index contributed by atoms with van der Waals surface area (Å²) in [5.41, 5.74) is 9.77. The second-order valence-electron chi connectivity index (χ2n) is 13.7. The van der Waals surface area contributed by atoms with Crippen molar-refractivity contribution in [2.75, 3.05) is 0 Å². The molecule has 0 radical (unpaired) electrons. The van der Waals surface area contributed by atoms with Gasteiger partial charge in [0.25, 0.3) is 0 Å². The van der Waals surface area contributed by atoms with Gasteiger partial charge in [0.2, 0.25) is 0 Å². The van der Waals surface area contributed by atoms with E-state index >= 15 is 0 Å². The second-order valence-corrected chi connectivity index (χ2v) is 13.7. The van der Waals surface area contributed by atoms with Crippen LogP contribution in [-0.2, 0) is 9.31 Å². The van der Waals surface area contributed by atoms with Crippen molar-refractivity contribution >= 4 is 56.2 Å². The molecular formula is C42H35BN2O2. The Kier molecular flexibility index (Phi) is 6.11. The molecule has 5 heteroatoms. The second kappa shape index (κ2) is 10.2. The third kappa shape index (κ3) is 4.24. The standard InChI is InChI=1S/C42H35BN2O2/c1-41(2)42(3,4)47-43(46-41)29-22-24-31(25-23-29)44-36-18-10-8-15-33(36)35-27-28(21-26-38(35)44)32-17-12-20-39-40(32)34-16-9-11-19-37(34)45(39)30-13-6-5-7-14-30/h5-27H,1-4H3. The molecule has 0 N–H and O–H groups in total. The van der Waals surface area contributed by atoms with Gasteiger partial charge in [-0.05, 0) is 98.9 Å². The molecule has 4 nitrogen and oxygen atoms in total. The quantitative estimate of drug-likeness (QED) is 0.186. The van der Waals surface area contributed by atoms with Crippen molar-refractivity contribution in [3.05, 3.63) is 140 Å². The van der Waals surface area contributed by atoms with Gasteiger partial charge in [-0.15, -0.1) is 0 Å². The van der Waals surface area contributed by atoms with Gasteiger partial charge in [0.05, 0.1) is 33.3 Å². The molecule has 6 aromatic carbocycles. The fourth-order valence-corrected chi connectivity index (χ4v) is 7.29. The van der Waals surface area contributed by atoms with Gasteiger partial charge in [0, 0.05) is 32.9 Å². The lowest BCUT2D eigenvalue weighted by molar-refractivity contribution is 0.00578. The first kappa shape index (κ1) is 28.2. The Bertz CT molecular complexity index is 2460. The highest BCUT2D eigenvalue weighted by atomic mass is 16.7. The molecule has 1 saturated heterocycles. The summed E-state index contributed by atoms with van der Waals surface area (Å²) in [5.74, 6) is 0. The summed E-state index contributed by atoms with van der Waals surface area (Å²) in [4.78, 5) is 0. The van der Waals surface area contributed by atoms with E-state index in [1.54, 1.807) is 0 Å². The van der Waals surface area contributed by atoms with Crippen LogP contribution in [0, 0.1) is 0 Å². The fraction of sp³-hybridized carbons (Fsp3) is 0.143. The van der Waals surface area contributed by atoms with E-state index in [1.165, 1.54) is 60.4 Å². The molecule has 0 saturated carbocycles. The largest absolute Gasteiger partial charge is 0.494 e. The molecule has 8 aromatic rings. The lowest BCUT2D eigenvalue weighted by Gasteiger charge is -2.32. The Morgan fingerprint density at radius 1 is 0.468 bits per heavy atom. The van der Waals surface area contributed by atoms with E-state index in [4.69, 9.17) is 9.31 Å². The highest BCUT2D eigenvalue weighted by Crippen LogP contribution is 2.41. The van der Waals surface area contributed by atoms with Crippen LogP contribution in [0.3, 0.4) is 0 Å². The first-order chi connectivity index (χ1) is 22.8. The Labute approximate surface area is 274 Å². The van der Waals surface area contributed by atoms with E-state index in [1.807, 2.05) is 0 Å². The molecular weight excluding hydrogens is 575 g/mol. The molecule has 0 amide bonds. The van der Waals surface area contributed by atoms with Gasteiger partial charge in [-0.1, -0.05) is 84.9 Å². The van der Waals surface area contributed by atoms with Crippen LogP contribution in [0.25, 0.3) is 66.1 Å². The number of hydrogen-bond donors (Lipinski definition) is 0. The van der Waals surface area contributed by atoms with E-state index < -0.39 is 0 Å². The third-order valence-electron chi connectivity index (χ3n) is 10.4. The number of nitrogens with zero attached hydrogens (tertiary/aromatic N) is 2. The van der Waals surface area contributed by atoms with Crippen molar-refractivity contribution in [2.24, 2.45) is 0 Å². The van der Waals surface area contributed by atoms with Gasteiger partial charge in [-0.2, -0.15) is 0 Å². The summed E-state index contributed by atoms with van der Waals surface area (Å²) >= 11 is 0. The summed E-state index contributed by atoms with van der Waals surface area (Å²) in [6.45, 7) is 8.37. The minimum Gasteiger partial charge on any atom is -0.399 e. The number of hydrogen-bond acceptors (Lipinski definition) is 2. The molecule has 0 bridgehead atoms. The van der Waals surface area contributed by atoms with Crippen molar-refractivity contribution in [2.45, 2.75) is 38.9 Å². The van der Waals surface area contributed by atoms with E-state index in [0.717, 1.165) is 11.2 Å². The number of benzene rings is 6. The Balaban J connectivity index is 1.20. The van der Waals surface area contributed by atoms with Crippen LogP contribution in [0.4, 0.5) is 0 Å². The number of aromatic nitrogens is 2. The maximum atomic E-state index is 6.33. The first-order valence-electron chi connectivity index (χ1n) is 16.4.